The molecule has 1 heterocycles. The van der Waals surface area contributed by atoms with Crippen LogP contribution in [0.4, 0.5) is 0 Å². The fourth-order valence-electron chi connectivity index (χ4n) is 3.06. The van der Waals surface area contributed by atoms with Crippen LogP contribution in [0.1, 0.15) is 32.1 Å². The molecule has 4 nitrogen and oxygen atoms in total. The maximum atomic E-state index is 5.95. The number of likely N-dealkylation sites (N-methyl/N-ethyl adjacent to an activating group) is 1. The van der Waals surface area contributed by atoms with Crippen LogP contribution >= 0.6 is 0 Å². The lowest BCUT2D eigenvalue weighted by molar-refractivity contribution is 0.0688. The maximum absolute atomic E-state index is 5.95. The third-order valence-corrected chi connectivity index (χ3v) is 4.32. The number of nitrogens with zero attached hydrogens (tertiary/aromatic N) is 2. The molecule has 1 aliphatic carbocycles. The van der Waals surface area contributed by atoms with Crippen LogP contribution < -0.4 is 11.2 Å². The highest BCUT2D eigenvalue weighted by molar-refractivity contribution is 4.80. The minimum absolute atomic E-state index is 0.499. The summed E-state index contributed by atoms with van der Waals surface area (Å²) in [6.07, 6.45) is 6.94. The molecule has 0 aromatic carbocycles. The van der Waals surface area contributed by atoms with E-state index in [4.69, 9.17) is 5.73 Å². The van der Waals surface area contributed by atoms with E-state index in [1.165, 1.54) is 32.1 Å². The highest BCUT2D eigenvalue weighted by Gasteiger charge is 2.25. The number of nitrogens with two attached hydrogens (primary N) is 1. The molecule has 100 valence electrons. The lowest BCUT2D eigenvalue weighted by Gasteiger charge is -2.38. The van der Waals surface area contributed by atoms with Crippen molar-refractivity contribution >= 4 is 0 Å². The highest BCUT2D eigenvalue weighted by atomic mass is 15.5. The van der Waals surface area contributed by atoms with Crippen molar-refractivity contribution in [3.05, 3.63) is 0 Å². The SMILES string of the molecule is CN1CCN(NC(CN)C2CCCCC2)CC1. The average molecular weight is 240 g/mol. The Morgan fingerprint density at radius 1 is 1.12 bits per heavy atom. The van der Waals surface area contributed by atoms with Gasteiger partial charge < -0.3 is 10.6 Å². The van der Waals surface area contributed by atoms with Gasteiger partial charge in [0, 0.05) is 38.8 Å². The smallest absolute Gasteiger partial charge is 0.0366 e. The minimum atomic E-state index is 0.499. The molecule has 1 aliphatic heterocycles. The van der Waals surface area contributed by atoms with Crippen molar-refractivity contribution in [3.63, 3.8) is 0 Å². The molecule has 0 bridgehead atoms. The Kier molecular flexibility index (Phi) is 5.22. The van der Waals surface area contributed by atoms with Crippen LogP contribution in [-0.2, 0) is 0 Å². The largest absolute Gasteiger partial charge is 0.329 e. The fourth-order valence-corrected chi connectivity index (χ4v) is 3.06. The molecule has 1 atom stereocenters. The first-order chi connectivity index (χ1) is 8.29. The van der Waals surface area contributed by atoms with Crippen molar-refractivity contribution in [2.75, 3.05) is 39.8 Å². The predicted octanol–water partition coefficient (Wildman–Crippen LogP) is 0.646. The first kappa shape index (κ1) is 13.3. The molecule has 1 saturated carbocycles. The molecule has 0 amide bonds. The Labute approximate surface area is 105 Å². The summed E-state index contributed by atoms with van der Waals surface area (Å²) in [7, 11) is 2.19. The van der Waals surface area contributed by atoms with Crippen LogP contribution in [0.5, 0.6) is 0 Å². The minimum Gasteiger partial charge on any atom is -0.329 e. The lowest BCUT2D eigenvalue weighted by atomic mass is 9.84. The summed E-state index contributed by atoms with van der Waals surface area (Å²) < 4.78 is 0. The average Bonchev–Trinajstić information content (AvgIpc) is 2.39. The van der Waals surface area contributed by atoms with E-state index in [0.29, 0.717) is 6.04 Å². The van der Waals surface area contributed by atoms with Crippen molar-refractivity contribution < 1.29 is 0 Å². The number of piperazine rings is 1. The van der Waals surface area contributed by atoms with E-state index >= 15 is 0 Å². The molecule has 17 heavy (non-hydrogen) atoms. The second kappa shape index (κ2) is 6.69. The van der Waals surface area contributed by atoms with Crippen LogP contribution in [0, 0.1) is 5.92 Å². The first-order valence-electron chi connectivity index (χ1n) is 7.19. The van der Waals surface area contributed by atoms with Gasteiger partial charge in [0.15, 0.2) is 0 Å². The van der Waals surface area contributed by atoms with E-state index in [2.05, 4.69) is 22.4 Å². The number of rotatable bonds is 4. The summed E-state index contributed by atoms with van der Waals surface area (Å²) in [4.78, 5) is 2.39. The Bertz CT molecular complexity index is 207. The summed E-state index contributed by atoms with van der Waals surface area (Å²) >= 11 is 0. The zero-order chi connectivity index (χ0) is 12.1. The van der Waals surface area contributed by atoms with Gasteiger partial charge in [-0.3, -0.25) is 5.43 Å². The Morgan fingerprint density at radius 2 is 1.76 bits per heavy atom. The predicted molar refractivity (Wildman–Crippen MR) is 71.6 cm³/mol. The molecule has 0 spiro atoms. The summed E-state index contributed by atoms with van der Waals surface area (Å²) in [5.74, 6) is 0.799. The van der Waals surface area contributed by atoms with Crippen LogP contribution in [0.15, 0.2) is 0 Å². The molecule has 1 saturated heterocycles. The van der Waals surface area contributed by atoms with E-state index in [1.54, 1.807) is 0 Å². The third-order valence-electron chi connectivity index (χ3n) is 4.32. The molecule has 0 aromatic rings. The van der Waals surface area contributed by atoms with Crippen LogP contribution in [0.3, 0.4) is 0 Å². The number of hydrogen-bond donors (Lipinski definition) is 2. The molecular formula is C13H28N4. The standard InChI is InChI=1S/C13H28N4/c1-16-7-9-17(10-8-16)15-13(11-14)12-5-3-2-4-6-12/h12-13,15H,2-11,14H2,1H3. The van der Waals surface area contributed by atoms with Crippen molar-refractivity contribution in [1.29, 1.82) is 0 Å². The van der Waals surface area contributed by atoms with Gasteiger partial charge in [0.2, 0.25) is 0 Å². The van der Waals surface area contributed by atoms with Gasteiger partial charge >= 0.3 is 0 Å². The second-order valence-electron chi connectivity index (χ2n) is 5.66. The summed E-state index contributed by atoms with van der Waals surface area (Å²) in [6, 6.07) is 0.499. The normalized spacial score (nSPS) is 27.2. The Morgan fingerprint density at radius 3 is 2.35 bits per heavy atom. The number of nitrogens with one attached hydrogen (secondary N) is 1. The lowest BCUT2D eigenvalue weighted by Crippen LogP contribution is -2.57. The molecule has 4 heteroatoms. The van der Waals surface area contributed by atoms with Gasteiger partial charge in [0.25, 0.3) is 0 Å². The van der Waals surface area contributed by atoms with Crippen molar-refractivity contribution in [3.8, 4) is 0 Å². The van der Waals surface area contributed by atoms with Crippen LogP contribution in [0.2, 0.25) is 0 Å². The fraction of sp³-hybridized carbons (Fsp3) is 1.00. The molecule has 2 rings (SSSR count). The molecule has 2 fully saturated rings. The molecule has 2 aliphatic rings. The highest BCUT2D eigenvalue weighted by Crippen LogP contribution is 2.26. The quantitative estimate of drug-likeness (QED) is 0.757. The van der Waals surface area contributed by atoms with Gasteiger partial charge in [0.05, 0.1) is 0 Å². The Balaban J connectivity index is 1.78. The van der Waals surface area contributed by atoms with Gasteiger partial charge in [-0.25, -0.2) is 5.01 Å². The monoisotopic (exact) mass is 240 g/mol. The van der Waals surface area contributed by atoms with Gasteiger partial charge in [-0.05, 0) is 25.8 Å². The summed E-state index contributed by atoms with van der Waals surface area (Å²) in [5, 5.41) is 2.38. The van der Waals surface area contributed by atoms with E-state index in [1.807, 2.05) is 0 Å². The van der Waals surface area contributed by atoms with Gasteiger partial charge in [-0.1, -0.05) is 19.3 Å². The molecule has 0 radical (unpaired) electrons. The van der Waals surface area contributed by atoms with Gasteiger partial charge in [0.1, 0.15) is 0 Å². The summed E-state index contributed by atoms with van der Waals surface area (Å²) in [5.41, 5.74) is 9.63. The van der Waals surface area contributed by atoms with Crippen molar-refractivity contribution in [1.82, 2.24) is 15.3 Å². The van der Waals surface area contributed by atoms with E-state index in [9.17, 15) is 0 Å². The van der Waals surface area contributed by atoms with Crippen LogP contribution in [-0.4, -0.2) is 55.7 Å². The van der Waals surface area contributed by atoms with E-state index < -0.39 is 0 Å². The third kappa shape index (κ3) is 3.91. The first-order valence-corrected chi connectivity index (χ1v) is 7.19. The summed E-state index contributed by atoms with van der Waals surface area (Å²) in [6.45, 7) is 5.35. The van der Waals surface area contributed by atoms with Crippen molar-refractivity contribution in [2.24, 2.45) is 11.7 Å². The Hall–Kier alpha value is -0.160. The maximum Gasteiger partial charge on any atom is 0.0366 e. The number of hydrogen-bond acceptors (Lipinski definition) is 4. The second-order valence-corrected chi connectivity index (χ2v) is 5.66. The van der Waals surface area contributed by atoms with E-state index in [0.717, 1.165) is 38.6 Å². The van der Waals surface area contributed by atoms with Gasteiger partial charge in [-0.15, -0.1) is 0 Å². The molecular weight excluding hydrogens is 212 g/mol. The van der Waals surface area contributed by atoms with E-state index in [-0.39, 0.29) is 0 Å². The zero-order valence-corrected chi connectivity index (χ0v) is 11.2. The van der Waals surface area contributed by atoms with Crippen molar-refractivity contribution in [2.45, 2.75) is 38.1 Å². The van der Waals surface area contributed by atoms with Crippen LogP contribution in [0.25, 0.3) is 0 Å². The molecule has 3 N–H and O–H groups in total. The molecule has 0 aromatic heterocycles. The zero-order valence-electron chi connectivity index (χ0n) is 11.2. The topological polar surface area (TPSA) is 44.5 Å². The molecule has 1 unspecified atom stereocenters. The number of hydrazine groups is 1. The van der Waals surface area contributed by atoms with Gasteiger partial charge in [-0.2, -0.15) is 0 Å².